The minimum absolute atomic E-state index is 0.218. The van der Waals surface area contributed by atoms with Crippen LogP contribution in [0.2, 0.25) is 0 Å². The van der Waals surface area contributed by atoms with Gasteiger partial charge in [-0.3, -0.25) is 14.4 Å². The van der Waals surface area contributed by atoms with Crippen LogP contribution in [0.25, 0.3) is 0 Å². The van der Waals surface area contributed by atoms with Crippen molar-refractivity contribution in [3.05, 3.63) is 16.4 Å². The van der Waals surface area contributed by atoms with Crippen molar-refractivity contribution >= 4 is 21.7 Å². The first-order chi connectivity index (χ1) is 9.60. The number of likely N-dealkylation sites (tertiary alicyclic amines) is 1. The fourth-order valence-electron chi connectivity index (χ4n) is 3.36. The van der Waals surface area contributed by atoms with E-state index in [2.05, 4.69) is 39.8 Å². The number of aryl methyl sites for hydroxylation is 1. The van der Waals surface area contributed by atoms with Crippen molar-refractivity contribution in [1.29, 1.82) is 0 Å². The van der Waals surface area contributed by atoms with E-state index < -0.39 is 0 Å². The highest BCUT2D eigenvalue weighted by Gasteiger charge is 2.44. The molecule has 2 heterocycles. The van der Waals surface area contributed by atoms with Crippen molar-refractivity contribution in [2.45, 2.75) is 58.5 Å². The Morgan fingerprint density at radius 1 is 1.30 bits per heavy atom. The molecular formula is C15H24BrN3O. The molecule has 0 aromatic carbocycles. The van der Waals surface area contributed by atoms with Crippen molar-refractivity contribution in [2.75, 3.05) is 13.1 Å². The third-order valence-electron chi connectivity index (χ3n) is 4.61. The highest BCUT2D eigenvalue weighted by molar-refractivity contribution is 9.10. The Morgan fingerprint density at radius 3 is 2.40 bits per heavy atom. The van der Waals surface area contributed by atoms with Gasteiger partial charge in [0, 0.05) is 6.54 Å². The Labute approximate surface area is 129 Å². The van der Waals surface area contributed by atoms with Crippen LogP contribution in [0.3, 0.4) is 0 Å². The first-order valence-corrected chi connectivity index (χ1v) is 8.41. The number of hydrogen-bond acceptors (Lipinski definition) is 3. The summed E-state index contributed by atoms with van der Waals surface area (Å²) >= 11 is 3.50. The van der Waals surface area contributed by atoms with Crippen molar-refractivity contribution in [2.24, 2.45) is 0 Å². The van der Waals surface area contributed by atoms with Crippen LogP contribution in [0.4, 0.5) is 0 Å². The standard InChI is InChI=1S/C15H24BrN3O/c1-4-15(5-2,18-9-7-8-10-18)14(20)13-12(16)11-17-19(13)6-3/h11H,4-10H2,1-3H3. The lowest BCUT2D eigenvalue weighted by Gasteiger charge is -2.39. The van der Waals surface area contributed by atoms with Gasteiger partial charge in [0.2, 0.25) is 5.78 Å². The molecule has 1 saturated heterocycles. The average Bonchev–Trinajstić information content (AvgIpc) is 3.10. The monoisotopic (exact) mass is 341 g/mol. The van der Waals surface area contributed by atoms with Gasteiger partial charge in [-0.25, -0.2) is 0 Å². The molecule has 0 unspecified atom stereocenters. The van der Waals surface area contributed by atoms with Crippen molar-refractivity contribution in [3.63, 3.8) is 0 Å². The zero-order valence-corrected chi connectivity index (χ0v) is 14.2. The molecule has 1 aromatic heterocycles. The fourth-order valence-corrected chi connectivity index (χ4v) is 3.83. The zero-order valence-electron chi connectivity index (χ0n) is 12.7. The van der Waals surface area contributed by atoms with E-state index in [-0.39, 0.29) is 11.3 Å². The minimum atomic E-state index is -0.369. The summed E-state index contributed by atoms with van der Waals surface area (Å²) in [6.45, 7) is 9.05. The van der Waals surface area contributed by atoms with Crippen molar-refractivity contribution in [3.8, 4) is 0 Å². The predicted molar refractivity (Wildman–Crippen MR) is 84.1 cm³/mol. The number of nitrogens with zero attached hydrogens (tertiary/aromatic N) is 3. The number of carbonyl (C=O) groups excluding carboxylic acids is 1. The highest BCUT2D eigenvalue weighted by Crippen LogP contribution is 2.33. The first-order valence-electron chi connectivity index (χ1n) is 7.61. The van der Waals surface area contributed by atoms with Gasteiger partial charge in [0.1, 0.15) is 5.69 Å². The van der Waals surface area contributed by atoms with E-state index in [0.29, 0.717) is 0 Å². The lowest BCUT2D eigenvalue weighted by molar-refractivity contribution is 0.0569. The average molecular weight is 342 g/mol. The lowest BCUT2D eigenvalue weighted by atomic mass is 9.84. The lowest BCUT2D eigenvalue weighted by Crippen LogP contribution is -2.53. The summed E-state index contributed by atoms with van der Waals surface area (Å²) in [5, 5.41) is 4.29. The number of Topliss-reactive ketones (excluding diaryl/α,β-unsaturated/α-hetero) is 1. The van der Waals surface area contributed by atoms with Gasteiger partial charge in [0.05, 0.1) is 16.2 Å². The van der Waals surface area contributed by atoms with Gasteiger partial charge in [0.25, 0.3) is 0 Å². The van der Waals surface area contributed by atoms with Crippen molar-refractivity contribution < 1.29 is 4.79 Å². The van der Waals surface area contributed by atoms with Crippen LogP contribution in [0.5, 0.6) is 0 Å². The van der Waals surface area contributed by atoms with Crippen molar-refractivity contribution in [1.82, 2.24) is 14.7 Å². The fraction of sp³-hybridized carbons (Fsp3) is 0.733. The first kappa shape index (κ1) is 15.7. The van der Waals surface area contributed by atoms with Gasteiger partial charge in [-0.2, -0.15) is 5.10 Å². The summed E-state index contributed by atoms with van der Waals surface area (Å²) in [5.41, 5.74) is 0.356. The summed E-state index contributed by atoms with van der Waals surface area (Å²) in [5.74, 6) is 0.218. The molecule has 112 valence electrons. The number of carbonyl (C=O) groups is 1. The minimum Gasteiger partial charge on any atom is -0.291 e. The molecule has 1 aliphatic rings. The van der Waals surface area contributed by atoms with E-state index in [9.17, 15) is 4.79 Å². The molecule has 0 aliphatic carbocycles. The molecular weight excluding hydrogens is 318 g/mol. The molecule has 0 saturated carbocycles. The van der Waals surface area contributed by atoms with Crippen LogP contribution in [0, 0.1) is 0 Å². The largest absolute Gasteiger partial charge is 0.291 e. The quantitative estimate of drug-likeness (QED) is 0.743. The summed E-state index contributed by atoms with van der Waals surface area (Å²) in [6.07, 6.45) is 5.83. The van der Waals surface area contributed by atoms with Crippen LogP contribution in [-0.4, -0.2) is 39.1 Å². The maximum absolute atomic E-state index is 13.2. The van der Waals surface area contributed by atoms with Gasteiger partial charge >= 0.3 is 0 Å². The molecule has 0 atom stereocenters. The van der Waals surface area contributed by atoms with Crippen LogP contribution in [0.15, 0.2) is 10.7 Å². The summed E-state index contributed by atoms with van der Waals surface area (Å²) < 4.78 is 2.62. The topological polar surface area (TPSA) is 38.1 Å². The second kappa shape index (κ2) is 6.39. The predicted octanol–water partition coefficient (Wildman–Crippen LogP) is 3.50. The summed E-state index contributed by atoms with van der Waals surface area (Å²) in [6, 6.07) is 0. The van der Waals surface area contributed by atoms with Crippen LogP contribution >= 0.6 is 15.9 Å². The maximum Gasteiger partial charge on any atom is 0.202 e. The SMILES string of the molecule is CCn1ncc(Br)c1C(=O)C(CC)(CC)N1CCCC1. The third-order valence-corrected chi connectivity index (χ3v) is 5.19. The number of aromatic nitrogens is 2. The number of ketones is 1. The molecule has 0 spiro atoms. The van der Waals surface area contributed by atoms with Gasteiger partial charge in [-0.05, 0) is 61.6 Å². The molecule has 1 fully saturated rings. The number of rotatable bonds is 6. The van der Waals surface area contributed by atoms with E-state index in [0.717, 1.165) is 42.6 Å². The van der Waals surface area contributed by atoms with Gasteiger partial charge in [-0.15, -0.1) is 0 Å². The normalized spacial score (nSPS) is 16.8. The zero-order chi connectivity index (χ0) is 14.8. The van der Waals surface area contributed by atoms with Crippen LogP contribution < -0.4 is 0 Å². The Balaban J connectivity index is 2.43. The summed E-state index contributed by atoms with van der Waals surface area (Å²) in [4.78, 5) is 15.6. The number of halogens is 1. The maximum atomic E-state index is 13.2. The van der Waals surface area contributed by atoms with Crippen LogP contribution in [-0.2, 0) is 6.54 Å². The third kappa shape index (κ3) is 2.46. The van der Waals surface area contributed by atoms with Gasteiger partial charge in [0.15, 0.2) is 0 Å². The molecule has 2 rings (SSSR count). The Bertz CT molecular complexity index is 473. The number of hydrogen-bond donors (Lipinski definition) is 0. The van der Waals surface area contributed by atoms with Gasteiger partial charge < -0.3 is 0 Å². The molecule has 0 bridgehead atoms. The van der Waals surface area contributed by atoms with E-state index in [1.54, 1.807) is 6.20 Å². The second-order valence-corrected chi connectivity index (χ2v) is 6.27. The van der Waals surface area contributed by atoms with E-state index in [1.807, 2.05) is 11.6 Å². The molecule has 20 heavy (non-hydrogen) atoms. The van der Waals surface area contributed by atoms with E-state index in [4.69, 9.17) is 0 Å². The van der Waals surface area contributed by atoms with E-state index in [1.165, 1.54) is 12.8 Å². The molecule has 0 radical (unpaired) electrons. The molecule has 0 N–H and O–H groups in total. The smallest absolute Gasteiger partial charge is 0.202 e. The molecule has 4 nitrogen and oxygen atoms in total. The molecule has 0 amide bonds. The molecule has 1 aromatic rings. The van der Waals surface area contributed by atoms with Crippen LogP contribution in [0.1, 0.15) is 56.9 Å². The second-order valence-electron chi connectivity index (χ2n) is 5.42. The Morgan fingerprint density at radius 2 is 1.90 bits per heavy atom. The molecule has 1 aliphatic heterocycles. The Hall–Kier alpha value is -0.680. The summed E-state index contributed by atoms with van der Waals surface area (Å²) in [7, 11) is 0. The van der Waals surface area contributed by atoms with E-state index >= 15 is 0 Å². The molecule has 5 heteroatoms. The van der Waals surface area contributed by atoms with Gasteiger partial charge in [-0.1, -0.05) is 13.8 Å². The Kier molecular flexibility index (Phi) is 5.02. The highest BCUT2D eigenvalue weighted by atomic mass is 79.9.